The molecule has 4 rings (SSSR count). The number of nitrogens with one attached hydrogen (secondary N) is 2. The molecule has 0 atom stereocenters. The summed E-state index contributed by atoms with van der Waals surface area (Å²) in [6.07, 6.45) is 3.89. The van der Waals surface area contributed by atoms with Crippen LogP contribution in [0.25, 0.3) is 11.7 Å². The monoisotopic (exact) mass is 344 g/mol. The fourth-order valence-electron chi connectivity index (χ4n) is 3.20. The van der Waals surface area contributed by atoms with Gasteiger partial charge in [-0.2, -0.15) is 0 Å². The minimum atomic E-state index is -0.000259. The molecule has 7 heteroatoms. The largest absolute Gasteiger partial charge is 0.378 e. The summed E-state index contributed by atoms with van der Waals surface area (Å²) in [7, 11) is 1.66. The number of amides is 1. The van der Waals surface area contributed by atoms with Crippen LogP contribution in [-0.2, 0) is 16.1 Å². The Labute approximate surface area is 144 Å². The van der Waals surface area contributed by atoms with Crippen molar-refractivity contribution in [3.8, 4) is 0 Å². The third-order valence-corrected chi connectivity index (χ3v) is 5.43. The number of ether oxygens (including phenoxy) is 1. The minimum Gasteiger partial charge on any atom is -0.378 e. The molecule has 2 aliphatic rings. The first kappa shape index (κ1) is 15.7. The SMILES string of the molecule is COCc1nc2cccc3n2c1C=C(C(=O)NC1CCNCC1)S3. The predicted molar refractivity (Wildman–Crippen MR) is 93.8 cm³/mol. The summed E-state index contributed by atoms with van der Waals surface area (Å²) in [6.45, 7) is 2.35. The van der Waals surface area contributed by atoms with E-state index in [0.29, 0.717) is 11.5 Å². The standard InChI is InChI=1S/C17H20N4O2S/c1-23-10-12-13-9-14(17(22)19-11-5-7-18-8-6-11)24-16-4-2-3-15(20-12)21(13)16/h2-4,9,11,18H,5-8,10H2,1H3,(H,19,22). The van der Waals surface area contributed by atoms with Crippen molar-refractivity contribution in [3.63, 3.8) is 0 Å². The Morgan fingerprint density at radius 1 is 1.46 bits per heavy atom. The average Bonchev–Trinajstić information content (AvgIpc) is 2.95. The molecule has 2 aromatic heterocycles. The molecule has 4 heterocycles. The zero-order valence-electron chi connectivity index (χ0n) is 13.5. The van der Waals surface area contributed by atoms with E-state index in [-0.39, 0.29) is 11.9 Å². The number of nitrogens with zero attached hydrogens (tertiary/aromatic N) is 2. The van der Waals surface area contributed by atoms with Crippen molar-refractivity contribution in [1.82, 2.24) is 20.0 Å². The van der Waals surface area contributed by atoms with E-state index in [9.17, 15) is 4.79 Å². The molecule has 0 bridgehead atoms. The lowest BCUT2D eigenvalue weighted by molar-refractivity contribution is -0.117. The molecule has 126 valence electrons. The quantitative estimate of drug-likeness (QED) is 0.885. The van der Waals surface area contributed by atoms with Crippen molar-refractivity contribution in [2.75, 3.05) is 20.2 Å². The number of pyridine rings is 1. The number of piperidine rings is 1. The van der Waals surface area contributed by atoms with Crippen LogP contribution in [0.15, 0.2) is 28.1 Å². The highest BCUT2D eigenvalue weighted by Crippen LogP contribution is 2.36. The molecule has 0 aliphatic carbocycles. The Morgan fingerprint density at radius 3 is 3.08 bits per heavy atom. The highest BCUT2D eigenvalue weighted by molar-refractivity contribution is 8.04. The normalized spacial score (nSPS) is 17.8. The van der Waals surface area contributed by atoms with Gasteiger partial charge < -0.3 is 15.4 Å². The molecule has 2 N–H and O–H groups in total. The van der Waals surface area contributed by atoms with E-state index < -0.39 is 0 Å². The second-order valence-corrected chi connectivity index (χ2v) is 7.10. The minimum absolute atomic E-state index is 0.000259. The Hall–Kier alpha value is -1.83. The van der Waals surface area contributed by atoms with Crippen LogP contribution in [0.5, 0.6) is 0 Å². The molecule has 2 aliphatic heterocycles. The van der Waals surface area contributed by atoms with Gasteiger partial charge in [0.15, 0.2) is 0 Å². The van der Waals surface area contributed by atoms with Gasteiger partial charge in [-0.1, -0.05) is 17.8 Å². The van der Waals surface area contributed by atoms with Gasteiger partial charge in [0.05, 0.1) is 27.9 Å². The van der Waals surface area contributed by atoms with Gasteiger partial charge in [-0.15, -0.1) is 0 Å². The summed E-state index contributed by atoms with van der Waals surface area (Å²) in [6, 6.07) is 6.21. The van der Waals surface area contributed by atoms with Crippen molar-refractivity contribution in [1.29, 1.82) is 0 Å². The molecule has 0 unspecified atom stereocenters. The van der Waals surface area contributed by atoms with Crippen LogP contribution >= 0.6 is 11.8 Å². The van der Waals surface area contributed by atoms with Gasteiger partial charge in [0.2, 0.25) is 0 Å². The molecule has 24 heavy (non-hydrogen) atoms. The summed E-state index contributed by atoms with van der Waals surface area (Å²) < 4.78 is 7.35. The molecule has 0 spiro atoms. The Kier molecular flexibility index (Phi) is 4.30. The highest BCUT2D eigenvalue weighted by atomic mass is 32.2. The van der Waals surface area contributed by atoms with Gasteiger partial charge in [0.25, 0.3) is 5.91 Å². The van der Waals surface area contributed by atoms with Crippen molar-refractivity contribution < 1.29 is 9.53 Å². The lowest BCUT2D eigenvalue weighted by Gasteiger charge is -2.24. The summed E-state index contributed by atoms with van der Waals surface area (Å²) >= 11 is 1.49. The van der Waals surface area contributed by atoms with Crippen LogP contribution in [-0.4, -0.2) is 41.5 Å². The lowest BCUT2D eigenvalue weighted by atomic mass is 10.1. The molecule has 1 amide bonds. The number of hydrogen-bond acceptors (Lipinski definition) is 5. The summed E-state index contributed by atoms with van der Waals surface area (Å²) in [5, 5.41) is 7.49. The maximum Gasteiger partial charge on any atom is 0.258 e. The summed E-state index contributed by atoms with van der Waals surface area (Å²) in [5.74, 6) is -0.000259. The number of carbonyl (C=O) groups is 1. The van der Waals surface area contributed by atoms with Gasteiger partial charge in [0, 0.05) is 13.2 Å². The first-order chi connectivity index (χ1) is 11.8. The molecule has 0 radical (unpaired) electrons. The second kappa shape index (κ2) is 6.58. The molecule has 1 saturated heterocycles. The Balaban J connectivity index is 1.65. The number of imidazole rings is 1. The van der Waals surface area contributed by atoms with E-state index in [0.717, 1.165) is 48.0 Å². The first-order valence-electron chi connectivity index (χ1n) is 8.16. The van der Waals surface area contributed by atoms with Crippen LogP contribution in [0.3, 0.4) is 0 Å². The third kappa shape index (κ3) is 2.83. The topological polar surface area (TPSA) is 67.7 Å². The number of rotatable bonds is 4. The van der Waals surface area contributed by atoms with E-state index >= 15 is 0 Å². The fourth-order valence-corrected chi connectivity index (χ4v) is 4.18. The average molecular weight is 344 g/mol. The molecular weight excluding hydrogens is 324 g/mol. The highest BCUT2D eigenvalue weighted by Gasteiger charge is 2.24. The summed E-state index contributed by atoms with van der Waals surface area (Å²) in [4.78, 5) is 18.0. The van der Waals surface area contributed by atoms with Gasteiger partial charge in [0.1, 0.15) is 5.65 Å². The number of thioether (sulfide) groups is 1. The maximum absolute atomic E-state index is 12.7. The first-order valence-corrected chi connectivity index (χ1v) is 8.98. The number of hydrogen-bond donors (Lipinski definition) is 2. The third-order valence-electron chi connectivity index (χ3n) is 4.38. The van der Waals surface area contributed by atoms with Gasteiger partial charge in [-0.3, -0.25) is 9.20 Å². The van der Waals surface area contributed by atoms with E-state index in [2.05, 4.69) is 20.0 Å². The Morgan fingerprint density at radius 2 is 2.29 bits per heavy atom. The van der Waals surface area contributed by atoms with E-state index in [1.807, 2.05) is 24.3 Å². The van der Waals surface area contributed by atoms with Crippen molar-refractivity contribution in [2.24, 2.45) is 0 Å². The Bertz CT molecular complexity index is 808. The molecule has 2 aromatic rings. The van der Waals surface area contributed by atoms with Crippen LogP contribution in [0.4, 0.5) is 0 Å². The van der Waals surface area contributed by atoms with E-state index in [1.54, 1.807) is 7.11 Å². The molecule has 0 saturated carbocycles. The number of carbonyl (C=O) groups excluding carboxylic acids is 1. The summed E-state index contributed by atoms with van der Waals surface area (Å²) in [5.41, 5.74) is 2.69. The zero-order chi connectivity index (χ0) is 16.5. The molecule has 0 aromatic carbocycles. The molecule has 6 nitrogen and oxygen atoms in total. The smallest absolute Gasteiger partial charge is 0.258 e. The predicted octanol–water partition coefficient (Wildman–Crippen LogP) is 1.80. The molecule has 1 fully saturated rings. The van der Waals surface area contributed by atoms with Crippen LogP contribution in [0, 0.1) is 0 Å². The number of methoxy groups -OCH3 is 1. The van der Waals surface area contributed by atoms with Crippen molar-refractivity contribution >= 4 is 29.4 Å². The van der Waals surface area contributed by atoms with Crippen LogP contribution in [0.1, 0.15) is 24.2 Å². The van der Waals surface area contributed by atoms with Crippen molar-refractivity contribution in [2.45, 2.75) is 30.5 Å². The van der Waals surface area contributed by atoms with E-state index in [1.165, 1.54) is 11.8 Å². The van der Waals surface area contributed by atoms with Gasteiger partial charge in [-0.25, -0.2) is 4.98 Å². The van der Waals surface area contributed by atoms with E-state index in [4.69, 9.17) is 4.74 Å². The van der Waals surface area contributed by atoms with Crippen molar-refractivity contribution in [3.05, 3.63) is 34.5 Å². The number of aromatic nitrogens is 2. The van der Waals surface area contributed by atoms with Gasteiger partial charge >= 0.3 is 0 Å². The van der Waals surface area contributed by atoms with Crippen LogP contribution in [0.2, 0.25) is 0 Å². The van der Waals surface area contributed by atoms with Gasteiger partial charge in [-0.05, 0) is 44.1 Å². The van der Waals surface area contributed by atoms with Crippen LogP contribution < -0.4 is 10.6 Å². The fraction of sp³-hybridized carbons (Fsp3) is 0.412. The molecular formula is C17H20N4O2S. The second-order valence-electron chi connectivity index (χ2n) is 6.04. The zero-order valence-corrected chi connectivity index (χ0v) is 14.4. The maximum atomic E-state index is 12.7. The lowest BCUT2D eigenvalue weighted by Crippen LogP contribution is -2.43.